The van der Waals surface area contributed by atoms with Gasteiger partial charge in [0.15, 0.2) is 5.11 Å². The van der Waals surface area contributed by atoms with Crippen LogP contribution < -0.4 is 20.7 Å². The van der Waals surface area contributed by atoms with Crippen LogP contribution >= 0.6 is 12.2 Å². The molecule has 5 nitrogen and oxygen atoms in total. The highest BCUT2D eigenvalue weighted by Crippen LogP contribution is 2.16. The number of benzene rings is 3. The maximum absolute atomic E-state index is 12.9. The van der Waals surface area contributed by atoms with E-state index in [0.717, 1.165) is 17.7 Å². The van der Waals surface area contributed by atoms with Crippen LogP contribution in [0.5, 0.6) is 5.75 Å². The van der Waals surface area contributed by atoms with Crippen molar-refractivity contribution < 1.29 is 13.9 Å². The van der Waals surface area contributed by atoms with E-state index in [-0.39, 0.29) is 11.7 Å². The molecule has 3 N–H and O–H groups in total. The molecule has 3 aromatic carbocycles. The maximum atomic E-state index is 12.9. The third-order valence-corrected chi connectivity index (χ3v) is 4.61. The van der Waals surface area contributed by atoms with E-state index in [9.17, 15) is 9.18 Å². The van der Waals surface area contributed by atoms with Gasteiger partial charge in [-0.3, -0.25) is 4.79 Å². The first kappa shape index (κ1) is 21.3. The van der Waals surface area contributed by atoms with Gasteiger partial charge in [-0.15, -0.1) is 0 Å². The molecule has 0 aliphatic rings. The Labute approximate surface area is 180 Å². The fraction of sp³-hybridized carbons (Fsp3) is 0.130. The molecule has 0 aromatic heterocycles. The van der Waals surface area contributed by atoms with Crippen molar-refractivity contribution in [1.82, 2.24) is 5.32 Å². The molecule has 1 amide bonds. The molecule has 0 spiro atoms. The summed E-state index contributed by atoms with van der Waals surface area (Å²) in [5.41, 5.74) is 3.06. The highest BCUT2D eigenvalue weighted by Gasteiger charge is 2.06. The van der Waals surface area contributed by atoms with Gasteiger partial charge in [0.2, 0.25) is 0 Å². The van der Waals surface area contributed by atoms with Crippen LogP contribution in [0.25, 0.3) is 0 Å². The van der Waals surface area contributed by atoms with Gasteiger partial charge in [0.25, 0.3) is 5.91 Å². The molecule has 0 aliphatic carbocycles. The second-order valence-electron chi connectivity index (χ2n) is 6.52. The van der Waals surface area contributed by atoms with Gasteiger partial charge in [0.1, 0.15) is 11.6 Å². The summed E-state index contributed by atoms with van der Waals surface area (Å²) in [4.78, 5) is 12.3. The second-order valence-corrected chi connectivity index (χ2v) is 6.93. The molecule has 3 aromatic rings. The number of anilines is 2. The number of carbonyl (C=O) groups is 1. The number of amides is 1. The van der Waals surface area contributed by atoms with E-state index in [1.807, 2.05) is 12.1 Å². The summed E-state index contributed by atoms with van der Waals surface area (Å²) in [5.74, 6) is 0.257. The zero-order valence-electron chi connectivity index (χ0n) is 16.4. The number of halogens is 1. The van der Waals surface area contributed by atoms with Crippen LogP contribution in [0.4, 0.5) is 15.8 Å². The average molecular weight is 424 g/mol. The van der Waals surface area contributed by atoms with E-state index in [4.69, 9.17) is 17.0 Å². The third kappa shape index (κ3) is 6.28. The Morgan fingerprint density at radius 3 is 2.10 bits per heavy atom. The molecule has 0 radical (unpaired) electrons. The highest BCUT2D eigenvalue weighted by atomic mass is 32.1. The minimum atomic E-state index is -0.243. The van der Waals surface area contributed by atoms with Gasteiger partial charge in [-0.05, 0) is 84.9 Å². The molecule has 154 valence electrons. The first-order chi connectivity index (χ1) is 14.5. The summed E-state index contributed by atoms with van der Waals surface area (Å²) >= 11 is 5.30. The number of carbonyl (C=O) groups excluding carboxylic acids is 1. The molecular formula is C23H22FN3O2S. The Morgan fingerprint density at radius 2 is 1.50 bits per heavy atom. The minimum Gasteiger partial charge on any atom is -0.497 e. The maximum Gasteiger partial charge on any atom is 0.255 e. The lowest BCUT2D eigenvalue weighted by molar-refractivity contribution is 0.102. The van der Waals surface area contributed by atoms with Crippen molar-refractivity contribution in [2.45, 2.75) is 6.42 Å². The van der Waals surface area contributed by atoms with Crippen LogP contribution in [0.2, 0.25) is 0 Å². The van der Waals surface area contributed by atoms with Crippen LogP contribution in [-0.2, 0) is 6.42 Å². The van der Waals surface area contributed by atoms with E-state index in [1.165, 1.54) is 12.1 Å². The van der Waals surface area contributed by atoms with Gasteiger partial charge in [0.05, 0.1) is 7.11 Å². The normalized spacial score (nSPS) is 10.2. The Bertz CT molecular complexity index is 990. The Kier molecular flexibility index (Phi) is 7.34. The lowest BCUT2D eigenvalue weighted by Gasteiger charge is -2.11. The molecule has 3 rings (SSSR count). The number of hydrogen-bond acceptors (Lipinski definition) is 3. The van der Waals surface area contributed by atoms with E-state index in [0.29, 0.717) is 28.7 Å². The smallest absolute Gasteiger partial charge is 0.255 e. The summed E-state index contributed by atoms with van der Waals surface area (Å²) in [7, 11) is 1.58. The van der Waals surface area contributed by atoms with Gasteiger partial charge < -0.3 is 20.7 Å². The van der Waals surface area contributed by atoms with Crippen molar-refractivity contribution in [3.05, 3.63) is 89.7 Å². The van der Waals surface area contributed by atoms with Gasteiger partial charge in [-0.25, -0.2) is 4.39 Å². The Hall–Kier alpha value is -3.45. The van der Waals surface area contributed by atoms with Crippen molar-refractivity contribution in [3.63, 3.8) is 0 Å². The summed E-state index contributed by atoms with van der Waals surface area (Å²) in [6.07, 6.45) is 0.735. The quantitative estimate of drug-likeness (QED) is 0.484. The molecule has 0 aliphatic heterocycles. The van der Waals surface area contributed by atoms with Crippen LogP contribution in [0.15, 0.2) is 72.8 Å². The van der Waals surface area contributed by atoms with Crippen molar-refractivity contribution >= 4 is 34.6 Å². The summed E-state index contributed by atoms with van der Waals surface area (Å²) in [5, 5.41) is 9.56. The minimum absolute atomic E-state index is 0.198. The molecular weight excluding hydrogens is 401 g/mol. The fourth-order valence-corrected chi connectivity index (χ4v) is 2.95. The highest BCUT2D eigenvalue weighted by molar-refractivity contribution is 7.80. The van der Waals surface area contributed by atoms with Crippen LogP contribution in [-0.4, -0.2) is 24.7 Å². The van der Waals surface area contributed by atoms with E-state index in [2.05, 4.69) is 16.0 Å². The average Bonchev–Trinajstić information content (AvgIpc) is 2.76. The van der Waals surface area contributed by atoms with Crippen molar-refractivity contribution in [2.24, 2.45) is 0 Å². The van der Waals surface area contributed by atoms with Crippen LogP contribution in [0, 0.1) is 5.82 Å². The number of thiocarbonyl (C=S) groups is 1. The Morgan fingerprint density at radius 1 is 0.900 bits per heavy atom. The number of hydrogen-bond donors (Lipinski definition) is 3. The first-order valence-corrected chi connectivity index (χ1v) is 9.79. The zero-order chi connectivity index (χ0) is 21.3. The number of ether oxygens (including phenoxy) is 1. The largest absolute Gasteiger partial charge is 0.497 e. The topological polar surface area (TPSA) is 62.4 Å². The predicted octanol–water partition coefficient (Wildman–Crippen LogP) is 4.62. The van der Waals surface area contributed by atoms with Gasteiger partial charge in [0, 0.05) is 23.5 Å². The zero-order valence-corrected chi connectivity index (χ0v) is 17.3. The molecule has 0 fully saturated rings. The SMILES string of the molecule is COc1ccc(C(=O)Nc2ccc(NC(=S)NCCc3ccc(F)cc3)cc2)cc1. The molecule has 0 atom stereocenters. The van der Waals surface area contributed by atoms with E-state index in [1.54, 1.807) is 55.6 Å². The first-order valence-electron chi connectivity index (χ1n) is 9.38. The molecule has 0 heterocycles. The fourth-order valence-electron chi connectivity index (χ4n) is 2.73. The van der Waals surface area contributed by atoms with Crippen molar-refractivity contribution in [3.8, 4) is 5.75 Å². The predicted molar refractivity (Wildman–Crippen MR) is 122 cm³/mol. The van der Waals surface area contributed by atoms with Crippen LogP contribution in [0.1, 0.15) is 15.9 Å². The molecule has 0 bridgehead atoms. The van der Waals surface area contributed by atoms with Crippen molar-refractivity contribution in [2.75, 3.05) is 24.3 Å². The lowest BCUT2D eigenvalue weighted by Crippen LogP contribution is -2.30. The number of nitrogens with one attached hydrogen (secondary N) is 3. The molecule has 7 heteroatoms. The van der Waals surface area contributed by atoms with E-state index < -0.39 is 0 Å². The molecule has 0 saturated heterocycles. The monoisotopic (exact) mass is 423 g/mol. The summed E-state index contributed by atoms with van der Waals surface area (Å²) < 4.78 is 18.0. The molecule has 0 unspecified atom stereocenters. The lowest BCUT2D eigenvalue weighted by atomic mass is 10.1. The number of methoxy groups -OCH3 is 1. The second kappa shape index (κ2) is 10.4. The molecule has 30 heavy (non-hydrogen) atoms. The Balaban J connectivity index is 1.45. The third-order valence-electron chi connectivity index (χ3n) is 4.37. The standard InChI is InChI=1S/C23H22FN3O2S/c1-29-21-12-4-17(5-13-21)22(28)26-19-8-10-20(11-9-19)27-23(30)25-15-14-16-2-6-18(24)7-3-16/h2-13H,14-15H2,1H3,(H,26,28)(H2,25,27,30). The van der Waals surface area contributed by atoms with E-state index >= 15 is 0 Å². The van der Waals surface area contributed by atoms with Crippen LogP contribution in [0.3, 0.4) is 0 Å². The van der Waals surface area contributed by atoms with Crippen molar-refractivity contribution in [1.29, 1.82) is 0 Å². The van der Waals surface area contributed by atoms with Gasteiger partial charge >= 0.3 is 0 Å². The molecule has 0 saturated carbocycles. The van der Waals surface area contributed by atoms with Gasteiger partial charge in [-0.1, -0.05) is 12.1 Å². The number of rotatable bonds is 7. The summed E-state index contributed by atoms with van der Waals surface area (Å²) in [6.45, 7) is 0.632. The summed E-state index contributed by atoms with van der Waals surface area (Å²) in [6, 6.07) is 20.6. The van der Waals surface area contributed by atoms with Gasteiger partial charge in [-0.2, -0.15) is 0 Å².